The fourth-order valence-corrected chi connectivity index (χ4v) is 3.88. The van der Waals surface area contributed by atoms with Crippen LogP contribution >= 0.6 is 0 Å². The first kappa shape index (κ1) is 17.2. The SMILES string of the molecule is CN1CCC(n2ncc3c2NC(=O)C[C@@H]3COCc2ccccc2)CC1. The van der Waals surface area contributed by atoms with Crippen LogP contribution in [0.3, 0.4) is 0 Å². The number of hydrogen-bond acceptors (Lipinski definition) is 4. The second-order valence-electron chi connectivity index (χ2n) is 7.38. The van der Waals surface area contributed by atoms with E-state index in [-0.39, 0.29) is 11.8 Å². The molecule has 3 heterocycles. The Balaban J connectivity index is 1.45. The number of nitrogens with one attached hydrogen (secondary N) is 1. The zero-order valence-corrected chi connectivity index (χ0v) is 15.2. The zero-order chi connectivity index (χ0) is 17.9. The van der Waals surface area contributed by atoms with Gasteiger partial charge in [-0.1, -0.05) is 30.3 Å². The van der Waals surface area contributed by atoms with Gasteiger partial charge in [0.1, 0.15) is 5.82 Å². The van der Waals surface area contributed by atoms with Crippen LogP contribution in [0.1, 0.15) is 42.3 Å². The van der Waals surface area contributed by atoms with Crippen molar-refractivity contribution in [1.82, 2.24) is 14.7 Å². The maximum Gasteiger partial charge on any atom is 0.226 e. The van der Waals surface area contributed by atoms with E-state index in [2.05, 4.69) is 34.5 Å². The number of carbonyl (C=O) groups excluding carboxylic acids is 1. The van der Waals surface area contributed by atoms with Crippen LogP contribution in [0.15, 0.2) is 36.5 Å². The minimum absolute atomic E-state index is 0.0560. The molecule has 2 aliphatic heterocycles. The van der Waals surface area contributed by atoms with Gasteiger partial charge in [-0.3, -0.25) is 4.79 Å². The first-order valence-corrected chi connectivity index (χ1v) is 9.38. The minimum atomic E-state index is 0.0560. The highest BCUT2D eigenvalue weighted by Gasteiger charge is 2.31. The molecule has 138 valence electrons. The molecule has 1 saturated heterocycles. The number of aromatic nitrogens is 2. The molecular weight excluding hydrogens is 328 g/mol. The molecule has 2 aromatic rings. The van der Waals surface area contributed by atoms with Gasteiger partial charge in [0, 0.05) is 17.9 Å². The average Bonchev–Trinajstić information content (AvgIpc) is 3.07. The Labute approximate surface area is 154 Å². The van der Waals surface area contributed by atoms with Gasteiger partial charge in [-0.25, -0.2) is 4.68 Å². The number of carbonyl (C=O) groups is 1. The molecule has 6 heteroatoms. The molecule has 0 radical (unpaired) electrons. The van der Waals surface area contributed by atoms with E-state index in [1.807, 2.05) is 29.1 Å². The Morgan fingerprint density at radius 3 is 2.77 bits per heavy atom. The molecule has 2 aliphatic rings. The van der Waals surface area contributed by atoms with Crippen LogP contribution in [0.5, 0.6) is 0 Å². The number of rotatable bonds is 5. The smallest absolute Gasteiger partial charge is 0.226 e. The molecule has 1 fully saturated rings. The summed E-state index contributed by atoms with van der Waals surface area (Å²) in [5, 5.41) is 7.67. The highest BCUT2D eigenvalue weighted by atomic mass is 16.5. The van der Waals surface area contributed by atoms with Gasteiger partial charge in [-0.15, -0.1) is 0 Å². The summed E-state index contributed by atoms with van der Waals surface area (Å²) in [6, 6.07) is 10.5. The normalized spacial score (nSPS) is 21.4. The topological polar surface area (TPSA) is 59.4 Å². The van der Waals surface area contributed by atoms with Crippen molar-refractivity contribution in [3.8, 4) is 0 Å². The maximum atomic E-state index is 12.2. The summed E-state index contributed by atoms with van der Waals surface area (Å²) < 4.78 is 7.94. The van der Waals surface area contributed by atoms with E-state index < -0.39 is 0 Å². The van der Waals surface area contributed by atoms with Gasteiger partial charge >= 0.3 is 0 Å². The predicted octanol–water partition coefficient (Wildman–Crippen LogP) is 2.79. The predicted molar refractivity (Wildman–Crippen MR) is 100 cm³/mol. The monoisotopic (exact) mass is 354 g/mol. The lowest BCUT2D eigenvalue weighted by molar-refractivity contribution is -0.117. The molecule has 0 bridgehead atoms. The summed E-state index contributed by atoms with van der Waals surface area (Å²) >= 11 is 0. The fourth-order valence-electron chi connectivity index (χ4n) is 3.88. The highest BCUT2D eigenvalue weighted by molar-refractivity contribution is 5.93. The molecule has 4 rings (SSSR count). The molecule has 1 aromatic heterocycles. The summed E-state index contributed by atoms with van der Waals surface area (Å²) in [6.45, 7) is 3.24. The Kier molecular flexibility index (Phi) is 5.04. The van der Waals surface area contributed by atoms with E-state index >= 15 is 0 Å². The molecule has 1 aromatic carbocycles. The third kappa shape index (κ3) is 3.66. The second-order valence-corrected chi connectivity index (χ2v) is 7.38. The highest BCUT2D eigenvalue weighted by Crippen LogP contribution is 2.36. The van der Waals surface area contributed by atoms with Gasteiger partial charge in [0.2, 0.25) is 5.91 Å². The Morgan fingerprint density at radius 2 is 2.00 bits per heavy atom. The van der Waals surface area contributed by atoms with Crippen molar-refractivity contribution in [2.24, 2.45) is 0 Å². The van der Waals surface area contributed by atoms with E-state index in [0.717, 1.165) is 42.9 Å². The molecule has 1 amide bonds. The molecule has 0 aliphatic carbocycles. The number of amides is 1. The Bertz CT molecular complexity index is 750. The van der Waals surface area contributed by atoms with Gasteiger partial charge < -0.3 is 15.0 Å². The molecule has 6 nitrogen and oxygen atoms in total. The third-order valence-electron chi connectivity index (χ3n) is 5.42. The lowest BCUT2D eigenvalue weighted by Crippen LogP contribution is -2.33. The number of nitrogens with zero attached hydrogens (tertiary/aromatic N) is 3. The molecule has 0 spiro atoms. The van der Waals surface area contributed by atoms with Crippen LogP contribution < -0.4 is 5.32 Å². The van der Waals surface area contributed by atoms with Crippen molar-refractivity contribution in [3.63, 3.8) is 0 Å². The summed E-state index contributed by atoms with van der Waals surface area (Å²) in [5.41, 5.74) is 2.26. The van der Waals surface area contributed by atoms with Crippen molar-refractivity contribution < 1.29 is 9.53 Å². The van der Waals surface area contributed by atoms with Gasteiger partial charge in [0.25, 0.3) is 0 Å². The van der Waals surface area contributed by atoms with Crippen LogP contribution in [0.2, 0.25) is 0 Å². The first-order valence-electron chi connectivity index (χ1n) is 9.38. The third-order valence-corrected chi connectivity index (χ3v) is 5.42. The first-order chi connectivity index (χ1) is 12.7. The van der Waals surface area contributed by atoms with Gasteiger partial charge in [0.15, 0.2) is 0 Å². The summed E-state index contributed by atoms with van der Waals surface area (Å²) in [6.07, 6.45) is 4.51. The Morgan fingerprint density at radius 1 is 1.23 bits per heavy atom. The van der Waals surface area contributed by atoms with E-state index in [0.29, 0.717) is 25.7 Å². The van der Waals surface area contributed by atoms with E-state index in [1.54, 1.807) is 0 Å². The van der Waals surface area contributed by atoms with Crippen LogP contribution in [0.25, 0.3) is 0 Å². The molecular formula is C20H26N4O2. The van der Waals surface area contributed by atoms with Crippen molar-refractivity contribution in [2.75, 3.05) is 32.1 Å². The summed E-state index contributed by atoms with van der Waals surface area (Å²) in [4.78, 5) is 14.6. The summed E-state index contributed by atoms with van der Waals surface area (Å²) in [7, 11) is 2.15. The molecule has 1 N–H and O–H groups in total. The number of likely N-dealkylation sites (tertiary alicyclic amines) is 1. The molecule has 0 saturated carbocycles. The quantitative estimate of drug-likeness (QED) is 0.897. The van der Waals surface area contributed by atoms with Gasteiger partial charge in [-0.2, -0.15) is 5.10 Å². The van der Waals surface area contributed by atoms with Crippen molar-refractivity contribution in [3.05, 3.63) is 47.7 Å². The van der Waals surface area contributed by atoms with Crippen molar-refractivity contribution in [1.29, 1.82) is 0 Å². The zero-order valence-electron chi connectivity index (χ0n) is 15.2. The molecule has 26 heavy (non-hydrogen) atoms. The van der Waals surface area contributed by atoms with E-state index in [9.17, 15) is 4.79 Å². The van der Waals surface area contributed by atoms with E-state index in [4.69, 9.17) is 4.74 Å². The van der Waals surface area contributed by atoms with Crippen molar-refractivity contribution >= 4 is 11.7 Å². The number of benzene rings is 1. The van der Waals surface area contributed by atoms with Crippen LogP contribution in [0.4, 0.5) is 5.82 Å². The molecule has 1 atom stereocenters. The molecule has 0 unspecified atom stereocenters. The maximum absolute atomic E-state index is 12.2. The van der Waals surface area contributed by atoms with E-state index in [1.165, 1.54) is 0 Å². The lowest BCUT2D eigenvalue weighted by atomic mass is 9.95. The number of ether oxygens (including phenoxy) is 1. The minimum Gasteiger partial charge on any atom is -0.376 e. The fraction of sp³-hybridized carbons (Fsp3) is 0.500. The van der Waals surface area contributed by atoms with Crippen LogP contribution in [-0.2, 0) is 16.1 Å². The summed E-state index contributed by atoms with van der Waals surface area (Å²) in [5.74, 6) is 1.01. The van der Waals surface area contributed by atoms with Crippen LogP contribution in [0, 0.1) is 0 Å². The number of anilines is 1. The van der Waals surface area contributed by atoms with Gasteiger partial charge in [0.05, 0.1) is 25.5 Å². The standard InChI is InChI=1S/C20H26N4O2/c1-23-9-7-17(8-10-23)24-20-18(12-21-24)16(11-19(25)22-20)14-26-13-15-5-3-2-4-6-15/h2-6,12,16-17H,7-11,13-14H2,1H3,(H,22,25)/t16-/m1/s1. The second kappa shape index (κ2) is 7.60. The lowest BCUT2D eigenvalue weighted by Gasteiger charge is -2.31. The average molecular weight is 354 g/mol. The van der Waals surface area contributed by atoms with Gasteiger partial charge in [-0.05, 0) is 38.5 Å². The number of piperidine rings is 1. The number of hydrogen-bond donors (Lipinski definition) is 1. The largest absolute Gasteiger partial charge is 0.376 e. The van der Waals surface area contributed by atoms with Crippen LogP contribution in [-0.4, -0.2) is 47.3 Å². The Hall–Kier alpha value is -2.18. The van der Waals surface area contributed by atoms with Crippen molar-refractivity contribution in [2.45, 2.75) is 37.8 Å². The number of fused-ring (bicyclic) bond motifs is 1.